The Morgan fingerprint density at radius 3 is 2.30 bits per heavy atom. The standard InChI is InChI=1S/C16H32N2O4S/c1-6-7-12-23(20,21)17(5)13-14-8-10-18(11-9-14)15(19)22-16(2,3)4/h14H,6-13H2,1-5H3. The number of hydrogen-bond donors (Lipinski definition) is 0. The topological polar surface area (TPSA) is 66.9 Å². The van der Waals surface area contributed by atoms with Crippen molar-refractivity contribution in [2.24, 2.45) is 5.92 Å². The Labute approximate surface area is 141 Å². The fraction of sp³-hybridized carbons (Fsp3) is 0.938. The molecule has 1 heterocycles. The van der Waals surface area contributed by atoms with Gasteiger partial charge in [-0.05, 0) is 46.0 Å². The number of hydrogen-bond acceptors (Lipinski definition) is 4. The molecule has 0 unspecified atom stereocenters. The summed E-state index contributed by atoms with van der Waals surface area (Å²) in [5, 5.41) is 0. The van der Waals surface area contributed by atoms with Crippen LogP contribution >= 0.6 is 0 Å². The maximum atomic E-state index is 12.1. The van der Waals surface area contributed by atoms with Gasteiger partial charge < -0.3 is 9.64 Å². The highest BCUT2D eigenvalue weighted by molar-refractivity contribution is 7.89. The molecule has 23 heavy (non-hydrogen) atoms. The van der Waals surface area contributed by atoms with E-state index in [1.165, 1.54) is 4.31 Å². The van der Waals surface area contributed by atoms with E-state index in [2.05, 4.69) is 0 Å². The summed E-state index contributed by atoms with van der Waals surface area (Å²) in [7, 11) is -1.49. The van der Waals surface area contributed by atoms with E-state index in [4.69, 9.17) is 4.74 Å². The molecule has 0 aromatic heterocycles. The van der Waals surface area contributed by atoms with Crippen molar-refractivity contribution in [3.63, 3.8) is 0 Å². The van der Waals surface area contributed by atoms with E-state index in [0.717, 1.165) is 19.3 Å². The summed E-state index contributed by atoms with van der Waals surface area (Å²) in [4.78, 5) is 13.7. The van der Waals surface area contributed by atoms with Crippen LogP contribution in [0.5, 0.6) is 0 Å². The molecule has 0 bridgehead atoms. The number of likely N-dealkylation sites (tertiary alicyclic amines) is 1. The minimum absolute atomic E-state index is 0.219. The van der Waals surface area contributed by atoms with Crippen LogP contribution in [0.1, 0.15) is 53.4 Å². The van der Waals surface area contributed by atoms with Gasteiger partial charge in [0.05, 0.1) is 5.75 Å². The third-order valence-corrected chi connectivity index (χ3v) is 5.92. The van der Waals surface area contributed by atoms with Gasteiger partial charge in [0.2, 0.25) is 10.0 Å². The molecule has 6 nitrogen and oxygen atoms in total. The Morgan fingerprint density at radius 1 is 1.26 bits per heavy atom. The number of carbonyl (C=O) groups is 1. The minimum Gasteiger partial charge on any atom is -0.444 e. The zero-order valence-corrected chi connectivity index (χ0v) is 16.0. The molecule has 7 heteroatoms. The molecule has 1 fully saturated rings. The maximum Gasteiger partial charge on any atom is 0.410 e. The molecule has 0 aromatic carbocycles. The number of ether oxygens (including phenoxy) is 1. The van der Waals surface area contributed by atoms with Crippen molar-refractivity contribution in [3.05, 3.63) is 0 Å². The minimum atomic E-state index is -3.15. The molecule has 0 aliphatic carbocycles. The monoisotopic (exact) mass is 348 g/mol. The third kappa shape index (κ3) is 7.08. The van der Waals surface area contributed by atoms with Gasteiger partial charge in [-0.3, -0.25) is 0 Å². The number of amides is 1. The molecule has 1 amide bonds. The van der Waals surface area contributed by atoms with Gasteiger partial charge in [0, 0.05) is 26.7 Å². The summed E-state index contributed by atoms with van der Waals surface area (Å²) < 4.78 is 31.1. The summed E-state index contributed by atoms with van der Waals surface area (Å²) >= 11 is 0. The van der Waals surface area contributed by atoms with Crippen LogP contribution in [0.25, 0.3) is 0 Å². The lowest BCUT2D eigenvalue weighted by Crippen LogP contribution is -2.44. The maximum absolute atomic E-state index is 12.1. The predicted octanol–water partition coefficient (Wildman–Crippen LogP) is 2.70. The smallest absolute Gasteiger partial charge is 0.410 e. The van der Waals surface area contributed by atoms with Crippen molar-refractivity contribution in [1.82, 2.24) is 9.21 Å². The van der Waals surface area contributed by atoms with Crippen molar-refractivity contribution >= 4 is 16.1 Å². The molecule has 1 rings (SSSR count). The van der Waals surface area contributed by atoms with E-state index in [1.807, 2.05) is 27.7 Å². The van der Waals surface area contributed by atoms with Crippen molar-refractivity contribution in [2.45, 2.75) is 59.0 Å². The van der Waals surface area contributed by atoms with Crippen LogP contribution in [0.4, 0.5) is 4.79 Å². The fourth-order valence-electron chi connectivity index (χ4n) is 2.58. The van der Waals surface area contributed by atoms with Crippen LogP contribution in [0, 0.1) is 5.92 Å². The second-order valence-corrected chi connectivity index (χ2v) is 9.56. The quantitative estimate of drug-likeness (QED) is 0.740. The number of carbonyl (C=O) groups excluding carboxylic acids is 1. The van der Waals surface area contributed by atoms with Gasteiger partial charge in [0.25, 0.3) is 0 Å². The Hall–Kier alpha value is -0.820. The van der Waals surface area contributed by atoms with E-state index in [9.17, 15) is 13.2 Å². The van der Waals surface area contributed by atoms with Crippen molar-refractivity contribution in [2.75, 3.05) is 32.4 Å². The second-order valence-electron chi connectivity index (χ2n) is 7.36. The Bertz CT molecular complexity index is 477. The van der Waals surface area contributed by atoms with Crippen molar-refractivity contribution in [3.8, 4) is 0 Å². The van der Waals surface area contributed by atoms with E-state index < -0.39 is 15.6 Å². The first-order chi connectivity index (χ1) is 10.5. The zero-order chi connectivity index (χ0) is 17.7. The first-order valence-electron chi connectivity index (χ1n) is 8.47. The van der Waals surface area contributed by atoms with E-state index >= 15 is 0 Å². The van der Waals surface area contributed by atoms with E-state index in [1.54, 1.807) is 11.9 Å². The molecular weight excluding hydrogens is 316 g/mol. The highest BCUT2D eigenvalue weighted by Crippen LogP contribution is 2.21. The van der Waals surface area contributed by atoms with Gasteiger partial charge in [-0.1, -0.05) is 13.3 Å². The molecule has 0 spiro atoms. The molecule has 1 aliphatic heterocycles. The number of unbranched alkanes of at least 4 members (excludes halogenated alkanes) is 1. The molecule has 0 atom stereocenters. The fourth-order valence-corrected chi connectivity index (χ4v) is 3.99. The molecule has 0 radical (unpaired) electrons. The largest absolute Gasteiger partial charge is 0.444 e. The number of nitrogens with zero attached hydrogens (tertiary/aromatic N) is 2. The normalized spacial score (nSPS) is 17.6. The number of piperidine rings is 1. The van der Waals surface area contributed by atoms with Gasteiger partial charge in [-0.25, -0.2) is 17.5 Å². The van der Waals surface area contributed by atoms with Crippen LogP contribution < -0.4 is 0 Å². The van der Waals surface area contributed by atoms with Crippen LogP contribution in [-0.2, 0) is 14.8 Å². The molecule has 1 saturated heterocycles. The molecule has 1 aliphatic rings. The van der Waals surface area contributed by atoms with Crippen LogP contribution in [0.15, 0.2) is 0 Å². The van der Waals surface area contributed by atoms with Crippen molar-refractivity contribution < 1.29 is 17.9 Å². The molecule has 0 saturated carbocycles. The van der Waals surface area contributed by atoms with E-state index in [-0.39, 0.29) is 11.8 Å². The number of sulfonamides is 1. The first-order valence-corrected chi connectivity index (χ1v) is 10.1. The summed E-state index contributed by atoms with van der Waals surface area (Å²) in [5.74, 6) is 0.520. The van der Waals surface area contributed by atoms with E-state index in [0.29, 0.717) is 32.0 Å². The Balaban J connectivity index is 2.43. The van der Waals surface area contributed by atoms with Crippen LogP contribution in [0.3, 0.4) is 0 Å². The second kappa shape index (κ2) is 8.33. The highest BCUT2D eigenvalue weighted by Gasteiger charge is 2.29. The molecule has 0 aromatic rings. The highest BCUT2D eigenvalue weighted by atomic mass is 32.2. The average molecular weight is 349 g/mol. The lowest BCUT2D eigenvalue weighted by molar-refractivity contribution is 0.0179. The Kier molecular flexibility index (Phi) is 7.32. The molecule has 0 N–H and O–H groups in total. The van der Waals surface area contributed by atoms with Gasteiger partial charge in [0.1, 0.15) is 5.60 Å². The van der Waals surface area contributed by atoms with Gasteiger partial charge in [0.15, 0.2) is 0 Å². The van der Waals surface area contributed by atoms with Gasteiger partial charge in [-0.2, -0.15) is 0 Å². The third-order valence-electron chi connectivity index (χ3n) is 4.01. The van der Waals surface area contributed by atoms with Crippen LogP contribution in [0.2, 0.25) is 0 Å². The summed E-state index contributed by atoms with van der Waals surface area (Å²) in [6, 6.07) is 0. The summed E-state index contributed by atoms with van der Waals surface area (Å²) in [6.45, 7) is 9.34. The SMILES string of the molecule is CCCCS(=O)(=O)N(C)CC1CCN(C(=O)OC(C)(C)C)CC1. The lowest BCUT2D eigenvalue weighted by atomic mass is 9.97. The Morgan fingerprint density at radius 2 is 1.83 bits per heavy atom. The first kappa shape index (κ1) is 20.2. The lowest BCUT2D eigenvalue weighted by Gasteiger charge is -2.34. The molecule has 136 valence electrons. The van der Waals surface area contributed by atoms with Crippen LogP contribution in [-0.4, -0.2) is 61.8 Å². The zero-order valence-electron chi connectivity index (χ0n) is 15.2. The molecular formula is C16H32N2O4S. The average Bonchev–Trinajstić information content (AvgIpc) is 2.44. The summed E-state index contributed by atoms with van der Waals surface area (Å²) in [5.41, 5.74) is -0.485. The van der Waals surface area contributed by atoms with Gasteiger partial charge in [-0.15, -0.1) is 0 Å². The predicted molar refractivity (Wildman–Crippen MR) is 91.9 cm³/mol. The van der Waals surface area contributed by atoms with Gasteiger partial charge >= 0.3 is 6.09 Å². The summed E-state index contributed by atoms with van der Waals surface area (Å²) in [6.07, 6.45) is 2.92. The number of rotatable bonds is 6. The van der Waals surface area contributed by atoms with Crippen molar-refractivity contribution in [1.29, 1.82) is 0 Å².